The van der Waals surface area contributed by atoms with Crippen LogP contribution in [0.15, 0.2) is 36.5 Å². The molecule has 1 aliphatic heterocycles. The summed E-state index contributed by atoms with van der Waals surface area (Å²) < 4.78 is 16.9. The molecule has 0 aliphatic carbocycles. The van der Waals surface area contributed by atoms with E-state index in [0.29, 0.717) is 45.9 Å². The molecular weight excluding hydrogens is 505 g/mol. The number of benzene rings is 2. The maximum atomic E-state index is 12.6. The van der Waals surface area contributed by atoms with Crippen molar-refractivity contribution in [1.29, 1.82) is 0 Å². The number of nitrogens with one attached hydrogen (secondary N) is 1. The van der Waals surface area contributed by atoms with Crippen LogP contribution in [0.2, 0.25) is 10.0 Å². The number of carbonyl (C=O) groups excluding carboxylic acids is 2. The monoisotopic (exact) mass is 531 g/mol. The molecule has 3 aromatic rings. The van der Waals surface area contributed by atoms with E-state index < -0.39 is 0 Å². The van der Waals surface area contributed by atoms with Gasteiger partial charge in [0, 0.05) is 44.9 Å². The fraction of sp³-hybridized carbons (Fsp3) is 0.346. The van der Waals surface area contributed by atoms with E-state index in [9.17, 15) is 9.59 Å². The molecular formula is C26H27Cl2N3O5. The molecule has 8 nitrogen and oxygen atoms in total. The molecule has 0 saturated carbocycles. The number of likely N-dealkylation sites (tertiary alicyclic amines) is 1. The van der Waals surface area contributed by atoms with Gasteiger partial charge in [-0.1, -0.05) is 29.3 Å². The molecule has 190 valence electrons. The van der Waals surface area contributed by atoms with Crippen molar-refractivity contribution < 1.29 is 23.8 Å². The summed E-state index contributed by atoms with van der Waals surface area (Å²) in [5.41, 5.74) is 1.55. The van der Waals surface area contributed by atoms with Crippen molar-refractivity contribution in [2.24, 2.45) is 0 Å². The Balaban J connectivity index is 1.63. The Hall–Kier alpha value is -3.07. The molecule has 1 N–H and O–H groups in total. The number of carbonyl (C=O) groups is 2. The molecule has 2 amide bonds. The molecule has 36 heavy (non-hydrogen) atoms. The highest BCUT2D eigenvalue weighted by atomic mass is 35.5. The minimum atomic E-state index is -0.313. The first-order valence-electron chi connectivity index (χ1n) is 11.6. The van der Waals surface area contributed by atoms with Gasteiger partial charge < -0.3 is 24.4 Å². The largest absolute Gasteiger partial charge is 0.490 e. The first-order chi connectivity index (χ1) is 17.4. The molecule has 10 heteroatoms. The predicted octanol–water partition coefficient (Wildman–Crippen LogP) is 4.88. The van der Waals surface area contributed by atoms with Crippen molar-refractivity contribution in [3.63, 3.8) is 0 Å². The van der Waals surface area contributed by atoms with E-state index in [0.717, 1.165) is 25.9 Å². The molecule has 0 spiro atoms. The van der Waals surface area contributed by atoms with Gasteiger partial charge >= 0.3 is 0 Å². The molecule has 1 saturated heterocycles. The van der Waals surface area contributed by atoms with E-state index >= 15 is 0 Å². The van der Waals surface area contributed by atoms with Crippen molar-refractivity contribution in [3.05, 3.63) is 57.7 Å². The van der Waals surface area contributed by atoms with Crippen LogP contribution in [0.3, 0.4) is 0 Å². The van der Waals surface area contributed by atoms with E-state index in [1.165, 1.54) is 0 Å². The molecule has 2 aromatic carbocycles. The molecule has 1 aliphatic rings. The molecule has 2 heterocycles. The van der Waals surface area contributed by atoms with Gasteiger partial charge in [0.05, 0.1) is 29.1 Å². The number of rotatable bonds is 9. The second kappa shape index (κ2) is 11.8. The van der Waals surface area contributed by atoms with Gasteiger partial charge in [0.15, 0.2) is 0 Å². The van der Waals surface area contributed by atoms with Crippen LogP contribution in [-0.2, 0) is 16.0 Å². The van der Waals surface area contributed by atoms with Gasteiger partial charge in [-0.15, -0.1) is 0 Å². The smallest absolute Gasteiger partial charge is 0.254 e. The lowest BCUT2D eigenvalue weighted by Crippen LogP contribution is -2.29. The SMILES string of the molecule is CNC(=O)c1cc2c(Oc3ccc(CC(=O)N4CCCC4)c(Cl)c3Cl)ccnc2cc1OCCOC. The number of halogens is 2. The average Bonchev–Trinajstić information content (AvgIpc) is 3.43. The molecule has 0 bridgehead atoms. The minimum Gasteiger partial charge on any atom is -0.490 e. The molecule has 0 unspecified atom stereocenters. The normalized spacial score (nSPS) is 13.2. The Bertz CT molecular complexity index is 1280. The second-order valence-electron chi connectivity index (χ2n) is 8.31. The second-order valence-corrected chi connectivity index (χ2v) is 9.07. The van der Waals surface area contributed by atoms with Crippen LogP contribution in [0.1, 0.15) is 28.8 Å². The van der Waals surface area contributed by atoms with Crippen molar-refractivity contribution in [3.8, 4) is 17.2 Å². The average molecular weight is 532 g/mol. The van der Waals surface area contributed by atoms with Crippen LogP contribution in [0.5, 0.6) is 17.2 Å². The van der Waals surface area contributed by atoms with Crippen LogP contribution in [-0.4, -0.2) is 62.2 Å². The Kier molecular flexibility index (Phi) is 8.51. The van der Waals surface area contributed by atoms with E-state index in [-0.39, 0.29) is 34.9 Å². The number of fused-ring (bicyclic) bond motifs is 1. The zero-order valence-electron chi connectivity index (χ0n) is 20.1. The van der Waals surface area contributed by atoms with Crippen LogP contribution in [0.4, 0.5) is 0 Å². The van der Waals surface area contributed by atoms with Crippen molar-refractivity contribution >= 4 is 45.9 Å². The summed E-state index contributed by atoms with van der Waals surface area (Å²) in [5, 5.41) is 3.70. The zero-order valence-corrected chi connectivity index (χ0v) is 21.6. The molecule has 4 rings (SSSR count). The lowest BCUT2D eigenvalue weighted by Gasteiger charge is -2.17. The third-order valence-corrected chi connectivity index (χ3v) is 6.87. The third-order valence-electron chi connectivity index (χ3n) is 5.97. The van der Waals surface area contributed by atoms with Gasteiger partial charge in [0.25, 0.3) is 5.91 Å². The van der Waals surface area contributed by atoms with E-state index in [1.54, 1.807) is 50.7 Å². The summed E-state index contributed by atoms with van der Waals surface area (Å²) in [6.45, 7) is 2.21. The maximum Gasteiger partial charge on any atom is 0.254 e. The summed E-state index contributed by atoms with van der Waals surface area (Å²) in [6.07, 6.45) is 3.82. The number of hydrogen-bond acceptors (Lipinski definition) is 6. The van der Waals surface area contributed by atoms with Gasteiger partial charge in [-0.2, -0.15) is 0 Å². The molecule has 1 fully saturated rings. The van der Waals surface area contributed by atoms with Gasteiger partial charge in [-0.3, -0.25) is 14.6 Å². The van der Waals surface area contributed by atoms with Gasteiger partial charge in [0.1, 0.15) is 28.9 Å². The Morgan fingerprint density at radius 1 is 1.03 bits per heavy atom. The van der Waals surface area contributed by atoms with Crippen LogP contribution >= 0.6 is 23.2 Å². The number of nitrogens with zero attached hydrogens (tertiary/aromatic N) is 2. The topological polar surface area (TPSA) is 90.0 Å². The summed E-state index contributed by atoms with van der Waals surface area (Å²) in [7, 11) is 3.12. The molecule has 1 aromatic heterocycles. The molecule has 0 atom stereocenters. The zero-order chi connectivity index (χ0) is 25.7. The summed E-state index contributed by atoms with van der Waals surface area (Å²) in [4.78, 5) is 31.3. The number of aromatic nitrogens is 1. The van der Waals surface area contributed by atoms with Crippen molar-refractivity contribution in [2.75, 3.05) is 40.5 Å². The first kappa shape index (κ1) is 26.0. The van der Waals surface area contributed by atoms with Gasteiger partial charge in [-0.05, 0) is 36.6 Å². The summed E-state index contributed by atoms with van der Waals surface area (Å²) in [5.74, 6) is 0.870. The Labute approximate surface area is 219 Å². The number of hydrogen-bond donors (Lipinski definition) is 1. The lowest BCUT2D eigenvalue weighted by molar-refractivity contribution is -0.129. The third kappa shape index (κ3) is 5.67. The van der Waals surface area contributed by atoms with Crippen LogP contribution in [0.25, 0.3) is 10.9 Å². The predicted molar refractivity (Wildman–Crippen MR) is 139 cm³/mol. The van der Waals surface area contributed by atoms with Gasteiger partial charge in [-0.25, -0.2) is 0 Å². The number of methoxy groups -OCH3 is 1. The summed E-state index contributed by atoms with van der Waals surface area (Å²) in [6, 6.07) is 8.46. The summed E-state index contributed by atoms with van der Waals surface area (Å²) >= 11 is 13.1. The number of pyridine rings is 1. The number of amides is 2. The lowest BCUT2D eigenvalue weighted by atomic mass is 10.1. The van der Waals surface area contributed by atoms with Crippen molar-refractivity contribution in [1.82, 2.24) is 15.2 Å². The number of ether oxygens (including phenoxy) is 3. The fourth-order valence-electron chi connectivity index (χ4n) is 4.05. The maximum absolute atomic E-state index is 12.6. The van der Waals surface area contributed by atoms with Crippen LogP contribution in [0, 0.1) is 0 Å². The highest BCUT2D eigenvalue weighted by Gasteiger charge is 2.21. The Morgan fingerprint density at radius 2 is 1.81 bits per heavy atom. The fourth-order valence-corrected chi connectivity index (χ4v) is 4.50. The quantitative estimate of drug-likeness (QED) is 0.395. The Morgan fingerprint density at radius 3 is 2.53 bits per heavy atom. The van der Waals surface area contributed by atoms with E-state index in [4.69, 9.17) is 37.4 Å². The first-order valence-corrected chi connectivity index (χ1v) is 12.4. The highest BCUT2D eigenvalue weighted by molar-refractivity contribution is 6.43. The van der Waals surface area contributed by atoms with Gasteiger partial charge in [0.2, 0.25) is 5.91 Å². The van der Waals surface area contributed by atoms with E-state index in [2.05, 4.69) is 10.3 Å². The van der Waals surface area contributed by atoms with E-state index in [1.807, 2.05) is 4.90 Å². The van der Waals surface area contributed by atoms with Crippen LogP contribution < -0.4 is 14.8 Å². The molecule has 0 radical (unpaired) electrons. The van der Waals surface area contributed by atoms with Crippen molar-refractivity contribution in [2.45, 2.75) is 19.3 Å². The highest BCUT2D eigenvalue weighted by Crippen LogP contribution is 2.40. The minimum absolute atomic E-state index is 0.0320. The standard InChI is InChI=1S/C26H27Cl2N3O5/c1-29-26(33)18-14-17-19(15-22(18)35-12-11-34-2)30-8-7-20(17)36-21-6-5-16(24(27)25(21)28)13-23(32)31-9-3-4-10-31/h5-8,14-15H,3-4,9-13H2,1-2H3,(H,29,33).